The van der Waals surface area contributed by atoms with Crippen LogP contribution >= 0.6 is 23.2 Å². The SMILES string of the molecule is COCCCNc1cnc(C(=O)NCCc2ccc(Cl)cc2Cl)cn1. The Kier molecular flexibility index (Phi) is 7.91. The van der Waals surface area contributed by atoms with Gasteiger partial charge in [-0.3, -0.25) is 4.79 Å². The number of halogens is 2. The first-order valence-electron chi connectivity index (χ1n) is 7.87. The average Bonchev–Trinajstić information content (AvgIpc) is 2.61. The molecule has 0 saturated carbocycles. The molecule has 2 rings (SSSR count). The first-order chi connectivity index (χ1) is 12.1. The zero-order valence-electron chi connectivity index (χ0n) is 13.9. The first-order valence-corrected chi connectivity index (χ1v) is 8.62. The van der Waals surface area contributed by atoms with E-state index in [9.17, 15) is 4.79 Å². The molecule has 1 aromatic carbocycles. The van der Waals surface area contributed by atoms with Crippen LogP contribution in [0.25, 0.3) is 0 Å². The topological polar surface area (TPSA) is 76.1 Å². The van der Waals surface area contributed by atoms with Gasteiger partial charge < -0.3 is 15.4 Å². The van der Waals surface area contributed by atoms with Crippen LogP contribution in [0.1, 0.15) is 22.5 Å². The number of nitrogens with zero attached hydrogens (tertiary/aromatic N) is 2. The van der Waals surface area contributed by atoms with Crippen molar-refractivity contribution in [3.8, 4) is 0 Å². The second-order valence-corrected chi connectivity index (χ2v) is 6.15. The average molecular weight is 383 g/mol. The minimum Gasteiger partial charge on any atom is -0.385 e. The standard InChI is InChI=1S/C17H20Cl2N4O2/c1-25-8-2-6-20-16-11-22-15(10-23-16)17(24)21-7-5-12-3-4-13(18)9-14(12)19/h3-4,9-11H,2,5-8H2,1H3,(H,20,23)(H,21,24). The normalized spacial score (nSPS) is 10.5. The van der Waals surface area contributed by atoms with E-state index in [1.807, 2.05) is 6.07 Å². The number of anilines is 1. The second-order valence-electron chi connectivity index (χ2n) is 5.30. The van der Waals surface area contributed by atoms with Gasteiger partial charge in [0.1, 0.15) is 11.5 Å². The molecule has 0 radical (unpaired) electrons. The second kappa shape index (κ2) is 10.2. The minimum absolute atomic E-state index is 0.268. The molecule has 1 aromatic heterocycles. The Labute approximate surface area is 156 Å². The summed E-state index contributed by atoms with van der Waals surface area (Å²) >= 11 is 12.0. The van der Waals surface area contributed by atoms with E-state index in [4.69, 9.17) is 27.9 Å². The summed E-state index contributed by atoms with van der Waals surface area (Å²) in [4.78, 5) is 20.4. The van der Waals surface area contributed by atoms with Crippen molar-refractivity contribution in [1.82, 2.24) is 15.3 Å². The molecule has 0 aliphatic carbocycles. The number of carbonyl (C=O) groups excluding carboxylic acids is 1. The highest BCUT2D eigenvalue weighted by atomic mass is 35.5. The number of rotatable bonds is 9. The van der Waals surface area contributed by atoms with Crippen LogP contribution in [0, 0.1) is 0 Å². The lowest BCUT2D eigenvalue weighted by molar-refractivity contribution is 0.0949. The van der Waals surface area contributed by atoms with Crippen LogP contribution in [0.3, 0.4) is 0 Å². The number of aromatic nitrogens is 2. The molecule has 0 atom stereocenters. The van der Waals surface area contributed by atoms with E-state index >= 15 is 0 Å². The summed E-state index contributed by atoms with van der Waals surface area (Å²) in [7, 11) is 1.66. The number of carbonyl (C=O) groups is 1. The number of methoxy groups -OCH3 is 1. The molecular formula is C17H20Cl2N4O2. The minimum atomic E-state index is -0.275. The largest absolute Gasteiger partial charge is 0.385 e. The molecule has 6 nitrogen and oxygen atoms in total. The number of amides is 1. The van der Waals surface area contributed by atoms with Crippen LogP contribution in [0.5, 0.6) is 0 Å². The van der Waals surface area contributed by atoms with Crippen LogP contribution in [0.2, 0.25) is 10.0 Å². The maximum atomic E-state index is 12.1. The van der Waals surface area contributed by atoms with E-state index in [2.05, 4.69) is 20.6 Å². The summed E-state index contributed by atoms with van der Waals surface area (Å²) in [5, 5.41) is 7.08. The summed E-state index contributed by atoms with van der Waals surface area (Å²) in [6.07, 6.45) is 4.46. The lowest BCUT2D eigenvalue weighted by Gasteiger charge is -2.08. The highest BCUT2D eigenvalue weighted by Crippen LogP contribution is 2.21. The number of ether oxygens (including phenoxy) is 1. The summed E-state index contributed by atoms with van der Waals surface area (Å²) < 4.78 is 4.97. The molecular weight excluding hydrogens is 363 g/mol. The molecule has 0 bridgehead atoms. The van der Waals surface area contributed by atoms with Crippen molar-refractivity contribution in [2.75, 3.05) is 32.1 Å². The predicted octanol–water partition coefficient (Wildman–Crippen LogP) is 3.20. The predicted molar refractivity (Wildman–Crippen MR) is 99.5 cm³/mol. The van der Waals surface area contributed by atoms with Crippen molar-refractivity contribution in [3.05, 3.63) is 51.9 Å². The lowest BCUT2D eigenvalue weighted by atomic mass is 10.1. The van der Waals surface area contributed by atoms with Crippen molar-refractivity contribution >= 4 is 34.9 Å². The molecule has 0 saturated heterocycles. The van der Waals surface area contributed by atoms with Gasteiger partial charge in [0.15, 0.2) is 0 Å². The van der Waals surface area contributed by atoms with Gasteiger partial charge in [-0.1, -0.05) is 29.3 Å². The van der Waals surface area contributed by atoms with Crippen LogP contribution in [0.4, 0.5) is 5.82 Å². The van der Waals surface area contributed by atoms with Gasteiger partial charge in [0.25, 0.3) is 5.91 Å². The van der Waals surface area contributed by atoms with Gasteiger partial charge in [-0.25, -0.2) is 9.97 Å². The molecule has 2 N–H and O–H groups in total. The van der Waals surface area contributed by atoms with Gasteiger partial charge in [0.05, 0.1) is 12.4 Å². The molecule has 1 heterocycles. The zero-order chi connectivity index (χ0) is 18.1. The van der Waals surface area contributed by atoms with Crippen molar-refractivity contribution in [1.29, 1.82) is 0 Å². The Morgan fingerprint density at radius 3 is 2.72 bits per heavy atom. The first kappa shape index (κ1) is 19.4. The van der Waals surface area contributed by atoms with E-state index in [0.29, 0.717) is 35.4 Å². The van der Waals surface area contributed by atoms with Crippen molar-refractivity contribution < 1.29 is 9.53 Å². The van der Waals surface area contributed by atoms with E-state index in [1.54, 1.807) is 19.2 Å². The van der Waals surface area contributed by atoms with Gasteiger partial charge in [-0.05, 0) is 30.5 Å². The van der Waals surface area contributed by atoms with E-state index < -0.39 is 0 Å². The van der Waals surface area contributed by atoms with E-state index in [-0.39, 0.29) is 11.6 Å². The van der Waals surface area contributed by atoms with Gasteiger partial charge in [-0.15, -0.1) is 0 Å². The van der Waals surface area contributed by atoms with Crippen LogP contribution in [-0.4, -0.2) is 42.7 Å². The fourth-order valence-electron chi connectivity index (χ4n) is 2.10. The molecule has 1 amide bonds. The Bertz CT molecular complexity index is 696. The Morgan fingerprint density at radius 2 is 2.04 bits per heavy atom. The molecule has 25 heavy (non-hydrogen) atoms. The molecule has 2 aromatic rings. The molecule has 0 aliphatic rings. The van der Waals surface area contributed by atoms with Crippen LogP contribution in [0.15, 0.2) is 30.6 Å². The Morgan fingerprint density at radius 1 is 1.20 bits per heavy atom. The van der Waals surface area contributed by atoms with E-state index in [0.717, 1.165) is 18.5 Å². The maximum absolute atomic E-state index is 12.1. The third kappa shape index (κ3) is 6.49. The third-order valence-corrected chi connectivity index (χ3v) is 4.00. The fraction of sp³-hybridized carbons (Fsp3) is 0.353. The van der Waals surface area contributed by atoms with Crippen LogP contribution in [-0.2, 0) is 11.2 Å². The highest BCUT2D eigenvalue weighted by Gasteiger charge is 2.08. The van der Waals surface area contributed by atoms with E-state index in [1.165, 1.54) is 12.4 Å². The van der Waals surface area contributed by atoms with Crippen molar-refractivity contribution in [2.45, 2.75) is 12.8 Å². The van der Waals surface area contributed by atoms with Crippen LogP contribution < -0.4 is 10.6 Å². The Balaban J connectivity index is 1.78. The summed E-state index contributed by atoms with van der Waals surface area (Å²) in [5.41, 5.74) is 1.19. The summed E-state index contributed by atoms with van der Waals surface area (Å²) in [6.45, 7) is 1.85. The zero-order valence-corrected chi connectivity index (χ0v) is 15.4. The highest BCUT2D eigenvalue weighted by molar-refractivity contribution is 6.35. The Hall–Kier alpha value is -1.89. The van der Waals surface area contributed by atoms with Crippen molar-refractivity contribution in [2.24, 2.45) is 0 Å². The number of hydrogen-bond acceptors (Lipinski definition) is 5. The molecule has 8 heteroatoms. The lowest BCUT2D eigenvalue weighted by Crippen LogP contribution is -2.26. The van der Waals surface area contributed by atoms with Gasteiger partial charge >= 0.3 is 0 Å². The van der Waals surface area contributed by atoms with Gasteiger partial charge in [0, 0.05) is 36.9 Å². The number of benzene rings is 1. The van der Waals surface area contributed by atoms with Crippen molar-refractivity contribution in [3.63, 3.8) is 0 Å². The third-order valence-electron chi connectivity index (χ3n) is 3.41. The van der Waals surface area contributed by atoms with Gasteiger partial charge in [0.2, 0.25) is 0 Å². The number of nitrogens with one attached hydrogen (secondary N) is 2. The van der Waals surface area contributed by atoms with Gasteiger partial charge in [-0.2, -0.15) is 0 Å². The summed E-state index contributed by atoms with van der Waals surface area (Å²) in [6, 6.07) is 5.30. The quantitative estimate of drug-likeness (QED) is 0.651. The monoisotopic (exact) mass is 382 g/mol. The molecule has 0 spiro atoms. The molecule has 0 unspecified atom stereocenters. The molecule has 134 valence electrons. The number of hydrogen-bond donors (Lipinski definition) is 2. The molecule has 0 fully saturated rings. The maximum Gasteiger partial charge on any atom is 0.271 e. The summed E-state index contributed by atoms with van der Waals surface area (Å²) in [5.74, 6) is 0.351. The molecule has 0 aliphatic heterocycles. The fourth-order valence-corrected chi connectivity index (χ4v) is 2.60. The smallest absolute Gasteiger partial charge is 0.271 e.